The zero-order valence-electron chi connectivity index (χ0n) is 30.9. The molecule has 0 fully saturated rings. The van der Waals surface area contributed by atoms with Crippen molar-refractivity contribution >= 4 is 59.3 Å². The second-order valence-electron chi connectivity index (χ2n) is 16.1. The van der Waals surface area contributed by atoms with Gasteiger partial charge in [-0.2, -0.15) is 0 Å². The van der Waals surface area contributed by atoms with Crippen molar-refractivity contribution in [3.05, 3.63) is 186 Å². The first-order chi connectivity index (χ1) is 26.3. The van der Waals surface area contributed by atoms with E-state index in [1.165, 1.54) is 98.0 Å². The van der Waals surface area contributed by atoms with Crippen molar-refractivity contribution in [3.8, 4) is 33.4 Å². The fraction of sp³-hybridized carbons (Fsp3) is 0.115. The molecule has 258 valence electrons. The molecule has 0 N–H and O–H groups in total. The first-order valence-electron chi connectivity index (χ1n) is 19.0. The number of benzene rings is 8. The van der Waals surface area contributed by atoms with Crippen LogP contribution in [0.5, 0.6) is 0 Å². The van der Waals surface area contributed by atoms with Gasteiger partial charge in [0.15, 0.2) is 0 Å². The van der Waals surface area contributed by atoms with Crippen molar-refractivity contribution in [2.45, 2.75) is 38.5 Å². The first kappa shape index (κ1) is 31.6. The van der Waals surface area contributed by atoms with Gasteiger partial charge in [-0.15, -0.1) is 11.3 Å². The highest BCUT2D eigenvalue weighted by atomic mass is 32.1. The van der Waals surface area contributed by atoms with Gasteiger partial charge in [0.2, 0.25) is 0 Å². The fourth-order valence-electron chi connectivity index (χ4n) is 9.69. The van der Waals surface area contributed by atoms with E-state index in [9.17, 15) is 0 Å². The number of anilines is 3. The third-order valence-electron chi connectivity index (χ3n) is 12.5. The Labute approximate surface area is 320 Å². The molecule has 0 spiro atoms. The largest absolute Gasteiger partial charge is 0.310 e. The van der Waals surface area contributed by atoms with Crippen LogP contribution in [0.1, 0.15) is 49.9 Å². The maximum atomic E-state index is 2.47. The molecule has 0 atom stereocenters. The van der Waals surface area contributed by atoms with E-state index in [0.717, 1.165) is 5.69 Å². The average Bonchev–Trinajstić information content (AvgIpc) is 3.79. The topological polar surface area (TPSA) is 3.24 Å². The van der Waals surface area contributed by atoms with Crippen LogP contribution in [0.3, 0.4) is 0 Å². The summed E-state index contributed by atoms with van der Waals surface area (Å²) in [6.45, 7) is 9.48. The Morgan fingerprint density at radius 2 is 0.907 bits per heavy atom. The van der Waals surface area contributed by atoms with Gasteiger partial charge in [0, 0.05) is 53.6 Å². The van der Waals surface area contributed by atoms with Crippen LogP contribution in [0.4, 0.5) is 17.1 Å². The van der Waals surface area contributed by atoms with Gasteiger partial charge in [0.05, 0.1) is 0 Å². The minimum atomic E-state index is -0.0925. The molecule has 11 rings (SSSR count). The fourth-order valence-corrected chi connectivity index (χ4v) is 10.9. The molecule has 2 heteroatoms. The summed E-state index contributed by atoms with van der Waals surface area (Å²) >= 11 is 1.90. The Hall–Kier alpha value is -5.96. The smallest absolute Gasteiger partial charge is 0.0465 e. The highest BCUT2D eigenvalue weighted by molar-refractivity contribution is 7.26. The molecular formula is C52H39NS. The van der Waals surface area contributed by atoms with Crippen molar-refractivity contribution in [3.63, 3.8) is 0 Å². The van der Waals surface area contributed by atoms with Gasteiger partial charge in [-0.3, -0.25) is 0 Å². The third-order valence-corrected chi connectivity index (χ3v) is 13.7. The molecule has 0 saturated carbocycles. The van der Waals surface area contributed by atoms with E-state index >= 15 is 0 Å². The monoisotopic (exact) mass is 709 g/mol. The number of hydrogen-bond acceptors (Lipinski definition) is 2. The molecule has 2 aliphatic carbocycles. The van der Waals surface area contributed by atoms with E-state index in [1.807, 2.05) is 11.3 Å². The summed E-state index contributed by atoms with van der Waals surface area (Å²) in [7, 11) is 0. The lowest BCUT2D eigenvalue weighted by atomic mass is 9.82. The summed E-state index contributed by atoms with van der Waals surface area (Å²) in [5.41, 5.74) is 16.7. The van der Waals surface area contributed by atoms with Crippen molar-refractivity contribution in [1.82, 2.24) is 0 Å². The van der Waals surface area contributed by atoms with Crippen LogP contribution >= 0.6 is 11.3 Å². The van der Waals surface area contributed by atoms with Crippen molar-refractivity contribution in [2.24, 2.45) is 0 Å². The minimum absolute atomic E-state index is 0.0925. The van der Waals surface area contributed by atoms with Crippen molar-refractivity contribution in [2.75, 3.05) is 4.90 Å². The van der Waals surface area contributed by atoms with E-state index in [4.69, 9.17) is 0 Å². The second kappa shape index (κ2) is 11.3. The molecule has 8 aromatic carbocycles. The maximum absolute atomic E-state index is 2.47. The van der Waals surface area contributed by atoms with Gasteiger partial charge < -0.3 is 4.90 Å². The molecule has 0 unspecified atom stereocenters. The van der Waals surface area contributed by atoms with Crippen molar-refractivity contribution < 1.29 is 0 Å². The maximum Gasteiger partial charge on any atom is 0.0465 e. The Balaban J connectivity index is 1.09. The molecule has 0 amide bonds. The van der Waals surface area contributed by atoms with Gasteiger partial charge in [0.1, 0.15) is 0 Å². The van der Waals surface area contributed by atoms with E-state index in [0.29, 0.717) is 0 Å². The van der Waals surface area contributed by atoms with Crippen LogP contribution in [0.25, 0.3) is 64.3 Å². The summed E-state index contributed by atoms with van der Waals surface area (Å²) in [5, 5.41) is 5.29. The lowest BCUT2D eigenvalue weighted by molar-refractivity contribution is 0.660. The zero-order chi connectivity index (χ0) is 36.3. The normalized spacial score (nSPS) is 14.6. The van der Waals surface area contributed by atoms with E-state index in [1.54, 1.807) is 0 Å². The molecule has 0 saturated heterocycles. The quantitative estimate of drug-likeness (QED) is 0.176. The van der Waals surface area contributed by atoms with Crippen LogP contribution < -0.4 is 4.90 Å². The van der Waals surface area contributed by atoms with E-state index in [-0.39, 0.29) is 10.8 Å². The van der Waals surface area contributed by atoms with Crippen molar-refractivity contribution in [1.29, 1.82) is 0 Å². The highest BCUT2D eigenvalue weighted by Crippen LogP contribution is 2.53. The van der Waals surface area contributed by atoms with Crippen LogP contribution in [-0.2, 0) is 10.8 Å². The molecule has 0 radical (unpaired) electrons. The van der Waals surface area contributed by atoms with Gasteiger partial charge in [-0.1, -0.05) is 143 Å². The Morgan fingerprint density at radius 1 is 0.407 bits per heavy atom. The number of rotatable bonds is 4. The molecule has 1 nitrogen and oxygen atoms in total. The van der Waals surface area contributed by atoms with Gasteiger partial charge in [-0.25, -0.2) is 0 Å². The van der Waals surface area contributed by atoms with Gasteiger partial charge in [0.25, 0.3) is 0 Å². The molecule has 1 heterocycles. The second-order valence-corrected chi connectivity index (χ2v) is 17.2. The standard InChI is InChI=1S/C52H39NS/c1-51(2)44-18-10-7-15-38(44)40-27-25-35(30-46(40)51)53(36-26-28-41-39-16-8-11-19-45(39)52(3,4)47(41)31-36)34-23-21-32(22-24-34)43-29-33-13-5-6-14-37(33)49-42-17-9-12-20-48(42)54-50(43)49/h5-31H,1-4H3. The molecule has 9 aromatic rings. The SMILES string of the molecule is CC1(C)c2ccccc2-c2ccc(N(c3ccc(-c4cc5ccccc5c5c4sc4ccccc45)cc3)c3ccc4c(c3)C(C)(C)c3ccccc3-4)cc21. The molecule has 0 aliphatic heterocycles. The molecule has 54 heavy (non-hydrogen) atoms. The van der Waals surface area contributed by atoms with Crippen LogP contribution in [-0.4, -0.2) is 0 Å². The predicted octanol–water partition coefficient (Wildman–Crippen LogP) is 15.0. The van der Waals surface area contributed by atoms with Crippen LogP contribution in [0, 0.1) is 0 Å². The van der Waals surface area contributed by atoms with E-state index < -0.39 is 0 Å². The Morgan fingerprint density at radius 3 is 1.54 bits per heavy atom. The number of thiophene rings is 1. The van der Waals surface area contributed by atoms with Gasteiger partial charge >= 0.3 is 0 Å². The zero-order valence-corrected chi connectivity index (χ0v) is 31.8. The Bertz CT molecular complexity index is 2890. The van der Waals surface area contributed by atoms with Gasteiger partial charge in [-0.05, 0) is 109 Å². The molecule has 2 aliphatic rings. The number of fused-ring (bicyclic) bond motifs is 11. The van der Waals surface area contributed by atoms with E-state index in [2.05, 4.69) is 196 Å². The first-order valence-corrected chi connectivity index (χ1v) is 19.8. The summed E-state index contributed by atoms with van der Waals surface area (Å²) in [4.78, 5) is 2.47. The Kier molecular flexibility index (Phi) is 6.59. The summed E-state index contributed by atoms with van der Waals surface area (Å²) < 4.78 is 2.68. The molecular weight excluding hydrogens is 671 g/mol. The number of nitrogens with zero attached hydrogens (tertiary/aromatic N) is 1. The molecule has 1 aromatic heterocycles. The number of hydrogen-bond donors (Lipinski definition) is 0. The highest BCUT2D eigenvalue weighted by Gasteiger charge is 2.37. The minimum Gasteiger partial charge on any atom is -0.310 e. The summed E-state index contributed by atoms with van der Waals surface area (Å²) in [5.74, 6) is 0. The lowest BCUT2D eigenvalue weighted by Gasteiger charge is -2.30. The average molecular weight is 710 g/mol. The molecule has 0 bridgehead atoms. The lowest BCUT2D eigenvalue weighted by Crippen LogP contribution is -2.18. The predicted molar refractivity (Wildman–Crippen MR) is 232 cm³/mol. The summed E-state index contributed by atoms with van der Waals surface area (Å²) in [6, 6.07) is 61.4. The third kappa shape index (κ3) is 4.38. The van der Waals surface area contributed by atoms with Crippen LogP contribution in [0.2, 0.25) is 0 Å². The summed E-state index contributed by atoms with van der Waals surface area (Å²) in [6.07, 6.45) is 0. The van der Waals surface area contributed by atoms with Crippen LogP contribution in [0.15, 0.2) is 164 Å².